The fourth-order valence-corrected chi connectivity index (χ4v) is 2.33. The van der Waals surface area contributed by atoms with Crippen LogP contribution in [0.25, 0.3) is 0 Å². The number of ether oxygens (including phenoxy) is 1. The van der Waals surface area contributed by atoms with E-state index in [-0.39, 0.29) is 30.5 Å². The van der Waals surface area contributed by atoms with Gasteiger partial charge in [-0.2, -0.15) is 0 Å². The minimum absolute atomic E-state index is 0.0985. The van der Waals surface area contributed by atoms with E-state index in [2.05, 4.69) is 4.98 Å². The summed E-state index contributed by atoms with van der Waals surface area (Å²) in [6.07, 6.45) is 1.41. The fraction of sp³-hybridized carbons (Fsp3) is 0.316. The van der Waals surface area contributed by atoms with Gasteiger partial charge in [0.1, 0.15) is 17.2 Å². The number of rotatable bonds is 8. The number of hydrogen-bond donors (Lipinski definition) is 1. The van der Waals surface area contributed by atoms with Crippen LogP contribution in [0.1, 0.15) is 30.8 Å². The number of aromatic nitrogens is 1. The van der Waals surface area contributed by atoms with E-state index in [4.69, 9.17) is 9.84 Å². The number of carboxylic acids is 1. The highest BCUT2D eigenvalue weighted by Crippen LogP contribution is 2.21. The Kier molecular flexibility index (Phi) is 6.51. The van der Waals surface area contributed by atoms with Crippen LogP contribution in [-0.4, -0.2) is 40.0 Å². The molecule has 2 rings (SSSR count). The predicted octanol–water partition coefficient (Wildman–Crippen LogP) is 3.45. The van der Waals surface area contributed by atoms with Crippen LogP contribution in [0.4, 0.5) is 0 Å². The number of para-hydroxylation sites is 1. The summed E-state index contributed by atoms with van der Waals surface area (Å²) in [7, 11) is 0. The van der Waals surface area contributed by atoms with Crippen LogP contribution < -0.4 is 4.74 Å². The molecule has 2 aromatic rings. The smallest absolute Gasteiger partial charge is 0.305 e. The van der Waals surface area contributed by atoms with Gasteiger partial charge in [-0.15, -0.1) is 0 Å². The van der Waals surface area contributed by atoms with Crippen molar-refractivity contribution in [2.45, 2.75) is 20.3 Å². The van der Waals surface area contributed by atoms with Gasteiger partial charge >= 0.3 is 5.97 Å². The van der Waals surface area contributed by atoms with E-state index in [0.29, 0.717) is 18.0 Å². The molecule has 25 heavy (non-hydrogen) atoms. The Balaban J connectivity index is 2.15. The van der Waals surface area contributed by atoms with E-state index in [1.165, 1.54) is 11.1 Å². The number of carbonyl (C=O) groups is 2. The summed E-state index contributed by atoms with van der Waals surface area (Å²) < 4.78 is 5.72. The number of benzene rings is 1. The van der Waals surface area contributed by atoms with Gasteiger partial charge in [-0.25, -0.2) is 0 Å². The largest absolute Gasteiger partial charge is 0.481 e. The standard InChI is InChI=1S/C19H22N2O4/c1-14(2)13-21(11-9-18(22)23)19(24)17-12-16(8-10-20-17)25-15-6-4-3-5-7-15/h3-8,10,12,14H,9,11,13H2,1-2H3,(H,22,23). The van der Waals surface area contributed by atoms with Crippen molar-refractivity contribution < 1.29 is 19.4 Å². The van der Waals surface area contributed by atoms with Crippen molar-refractivity contribution in [1.29, 1.82) is 0 Å². The van der Waals surface area contributed by atoms with Crippen LogP contribution in [0, 0.1) is 5.92 Å². The van der Waals surface area contributed by atoms with Crippen LogP contribution in [0.15, 0.2) is 48.7 Å². The molecule has 0 aliphatic rings. The molecule has 1 aromatic carbocycles. The van der Waals surface area contributed by atoms with Gasteiger partial charge < -0.3 is 14.7 Å². The topological polar surface area (TPSA) is 79.7 Å². The first-order valence-corrected chi connectivity index (χ1v) is 8.15. The molecule has 1 aromatic heterocycles. The third kappa shape index (κ3) is 5.91. The molecule has 0 bridgehead atoms. The number of aliphatic carboxylic acids is 1. The fourth-order valence-electron chi connectivity index (χ4n) is 2.33. The molecule has 0 unspecified atom stereocenters. The van der Waals surface area contributed by atoms with E-state index in [1.807, 2.05) is 44.2 Å². The Bertz CT molecular complexity index is 716. The lowest BCUT2D eigenvalue weighted by Crippen LogP contribution is -2.36. The van der Waals surface area contributed by atoms with Crippen LogP contribution in [-0.2, 0) is 4.79 Å². The van der Waals surface area contributed by atoms with Crippen molar-refractivity contribution in [3.63, 3.8) is 0 Å². The molecule has 132 valence electrons. The molecular weight excluding hydrogens is 320 g/mol. The van der Waals surface area contributed by atoms with Crippen molar-refractivity contribution in [3.05, 3.63) is 54.4 Å². The van der Waals surface area contributed by atoms with Crippen molar-refractivity contribution >= 4 is 11.9 Å². The van der Waals surface area contributed by atoms with Gasteiger partial charge in [0.25, 0.3) is 5.91 Å². The molecule has 0 spiro atoms. The normalized spacial score (nSPS) is 10.5. The molecule has 1 amide bonds. The quantitative estimate of drug-likeness (QED) is 0.795. The molecular formula is C19H22N2O4. The van der Waals surface area contributed by atoms with Gasteiger partial charge in [0, 0.05) is 25.4 Å². The average Bonchev–Trinajstić information content (AvgIpc) is 2.58. The monoisotopic (exact) mass is 342 g/mol. The Hall–Kier alpha value is -2.89. The lowest BCUT2D eigenvalue weighted by molar-refractivity contribution is -0.137. The Morgan fingerprint density at radius 3 is 2.52 bits per heavy atom. The highest BCUT2D eigenvalue weighted by Gasteiger charge is 2.19. The van der Waals surface area contributed by atoms with Gasteiger partial charge in [0.05, 0.1) is 6.42 Å². The summed E-state index contributed by atoms with van der Waals surface area (Å²) in [6, 6.07) is 12.5. The zero-order valence-corrected chi connectivity index (χ0v) is 14.4. The lowest BCUT2D eigenvalue weighted by Gasteiger charge is -2.23. The first kappa shape index (κ1) is 18.4. The minimum atomic E-state index is -0.935. The minimum Gasteiger partial charge on any atom is -0.481 e. The molecule has 0 atom stereocenters. The van der Waals surface area contributed by atoms with E-state index in [9.17, 15) is 9.59 Å². The summed E-state index contributed by atoms with van der Waals surface area (Å²) in [5.74, 6) is 0.162. The first-order valence-electron chi connectivity index (χ1n) is 8.15. The van der Waals surface area contributed by atoms with E-state index < -0.39 is 5.97 Å². The zero-order valence-electron chi connectivity index (χ0n) is 14.4. The van der Waals surface area contributed by atoms with Crippen LogP contribution >= 0.6 is 0 Å². The molecule has 0 radical (unpaired) electrons. The predicted molar refractivity (Wildman–Crippen MR) is 93.7 cm³/mol. The van der Waals surface area contributed by atoms with Crippen LogP contribution in [0.2, 0.25) is 0 Å². The second kappa shape index (κ2) is 8.82. The second-order valence-corrected chi connectivity index (χ2v) is 6.08. The van der Waals surface area contributed by atoms with Crippen LogP contribution in [0.5, 0.6) is 11.5 Å². The first-order chi connectivity index (χ1) is 12.0. The van der Waals surface area contributed by atoms with Gasteiger partial charge in [-0.3, -0.25) is 14.6 Å². The molecule has 0 aliphatic carbocycles. The molecule has 1 N–H and O–H groups in total. The highest BCUT2D eigenvalue weighted by molar-refractivity contribution is 5.92. The van der Waals surface area contributed by atoms with E-state index in [0.717, 1.165) is 0 Å². The third-order valence-electron chi connectivity index (χ3n) is 3.40. The summed E-state index contributed by atoms with van der Waals surface area (Å²) in [4.78, 5) is 29.2. The Morgan fingerprint density at radius 1 is 1.16 bits per heavy atom. The van der Waals surface area contributed by atoms with Gasteiger partial charge in [-0.1, -0.05) is 32.0 Å². The zero-order chi connectivity index (χ0) is 18.2. The highest BCUT2D eigenvalue weighted by atomic mass is 16.5. The molecule has 0 fully saturated rings. The second-order valence-electron chi connectivity index (χ2n) is 6.08. The van der Waals surface area contributed by atoms with E-state index in [1.54, 1.807) is 12.1 Å². The Morgan fingerprint density at radius 2 is 1.88 bits per heavy atom. The summed E-state index contributed by atoms with van der Waals surface area (Å²) >= 11 is 0. The number of hydrogen-bond acceptors (Lipinski definition) is 4. The maximum Gasteiger partial charge on any atom is 0.305 e. The van der Waals surface area contributed by atoms with E-state index >= 15 is 0 Å². The van der Waals surface area contributed by atoms with Crippen molar-refractivity contribution in [3.8, 4) is 11.5 Å². The molecule has 6 nitrogen and oxygen atoms in total. The molecule has 1 heterocycles. The number of carboxylic acid groups (broad SMARTS) is 1. The maximum atomic E-state index is 12.7. The van der Waals surface area contributed by atoms with Crippen molar-refractivity contribution in [2.24, 2.45) is 5.92 Å². The van der Waals surface area contributed by atoms with Crippen LogP contribution in [0.3, 0.4) is 0 Å². The molecule has 6 heteroatoms. The van der Waals surface area contributed by atoms with Crippen molar-refractivity contribution in [2.75, 3.05) is 13.1 Å². The summed E-state index contributed by atoms with van der Waals surface area (Å²) in [6.45, 7) is 4.57. The van der Waals surface area contributed by atoms with Gasteiger partial charge in [0.15, 0.2) is 0 Å². The number of carbonyl (C=O) groups excluding carboxylic acids is 1. The average molecular weight is 342 g/mol. The number of nitrogens with zero attached hydrogens (tertiary/aromatic N) is 2. The molecule has 0 saturated heterocycles. The number of pyridine rings is 1. The maximum absolute atomic E-state index is 12.7. The molecule has 0 aliphatic heterocycles. The Labute approximate surface area is 147 Å². The molecule has 0 saturated carbocycles. The SMILES string of the molecule is CC(C)CN(CCC(=O)O)C(=O)c1cc(Oc2ccccc2)ccn1. The van der Waals surface area contributed by atoms with Crippen molar-refractivity contribution in [1.82, 2.24) is 9.88 Å². The van der Waals surface area contributed by atoms with Gasteiger partial charge in [-0.05, 0) is 24.1 Å². The third-order valence-corrected chi connectivity index (χ3v) is 3.40. The number of amides is 1. The lowest BCUT2D eigenvalue weighted by atomic mass is 10.2. The van der Waals surface area contributed by atoms with Gasteiger partial charge in [0.2, 0.25) is 0 Å². The summed E-state index contributed by atoms with van der Waals surface area (Å²) in [5, 5.41) is 8.88. The summed E-state index contributed by atoms with van der Waals surface area (Å²) in [5.41, 5.74) is 0.236.